The maximum Gasteiger partial charge on any atom is 0.252 e. The van der Waals surface area contributed by atoms with E-state index in [1.54, 1.807) is 6.92 Å². The summed E-state index contributed by atoms with van der Waals surface area (Å²) >= 11 is 3.50. The van der Waals surface area contributed by atoms with Crippen molar-refractivity contribution in [3.8, 4) is 17.0 Å². The molecule has 3 rings (SSSR count). The Balaban J connectivity index is 1.89. The van der Waals surface area contributed by atoms with Gasteiger partial charge in [-0.1, -0.05) is 0 Å². The number of nitrogens with zero attached hydrogens (tertiary/aromatic N) is 2. The fourth-order valence-electron chi connectivity index (χ4n) is 2.82. The Morgan fingerprint density at radius 2 is 2.24 bits per heavy atom. The smallest absolute Gasteiger partial charge is 0.252 e. The molecule has 7 nitrogen and oxygen atoms in total. The third-order valence-corrected chi connectivity index (χ3v) is 4.63. The van der Waals surface area contributed by atoms with E-state index in [9.17, 15) is 4.79 Å². The number of hydrogen-bond donors (Lipinski definition) is 2. The third-order valence-electron chi connectivity index (χ3n) is 4.01. The molecule has 1 amide bonds. The lowest BCUT2D eigenvalue weighted by Crippen LogP contribution is -2.17. The molecule has 4 N–H and O–H groups in total. The normalized spacial score (nSPS) is 16.8. The molecule has 1 fully saturated rings. The predicted molar refractivity (Wildman–Crippen MR) is 97.3 cm³/mol. The molecular weight excluding hydrogens is 388 g/mol. The summed E-state index contributed by atoms with van der Waals surface area (Å²) in [6.07, 6.45) is 2.22. The molecule has 0 radical (unpaired) electrons. The molecule has 1 aromatic heterocycles. The molecule has 0 aliphatic carbocycles. The van der Waals surface area contributed by atoms with Crippen molar-refractivity contribution in [1.82, 2.24) is 9.97 Å². The number of hydrogen-bond acceptors (Lipinski definition) is 6. The van der Waals surface area contributed by atoms with Crippen molar-refractivity contribution in [3.05, 3.63) is 33.9 Å². The maximum atomic E-state index is 11.8. The van der Waals surface area contributed by atoms with E-state index in [0.29, 0.717) is 29.3 Å². The Morgan fingerprint density at radius 1 is 1.44 bits per heavy atom. The SMILES string of the molecule is Cc1nc(N)nc(-c2ccc(OCC3CCCO3)c(Br)c2)c1C(N)=O. The minimum Gasteiger partial charge on any atom is -0.490 e. The summed E-state index contributed by atoms with van der Waals surface area (Å²) in [5.74, 6) is 0.188. The van der Waals surface area contributed by atoms with Crippen LogP contribution in [0.4, 0.5) is 5.95 Å². The van der Waals surface area contributed by atoms with Gasteiger partial charge in [-0.3, -0.25) is 4.79 Å². The average molecular weight is 407 g/mol. The number of amides is 1. The fraction of sp³-hybridized carbons (Fsp3) is 0.353. The van der Waals surface area contributed by atoms with E-state index in [4.69, 9.17) is 20.9 Å². The van der Waals surface area contributed by atoms with Gasteiger partial charge in [-0.15, -0.1) is 0 Å². The van der Waals surface area contributed by atoms with Gasteiger partial charge in [-0.25, -0.2) is 9.97 Å². The number of carbonyl (C=O) groups is 1. The number of benzene rings is 1. The molecule has 1 saturated heterocycles. The number of carbonyl (C=O) groups excluding carboxylic acids is 1. The number of primary amides is 1. The van der Waals surface area contributed by atoms with Crippen LogP contribution in [0.15, 0.2) is 22.7 Å². The molecule has 1 aromatic carbocycles. The van der Waals surface area contributed by atoms with Gasteiger partial charge in [0, 0.05) is 12.2 Å². The first-order valence-electron chi connectivity index (χ1n) is 7.94. The minimum absolute atomic E-state index is 0.0901. The number of halogens is 1. The van der Waals surface area contributed by atoms with Gasteiger partial charge < -0.3 is 20.9 Å². The fourth-order valence-corrected chi connectivity index (χ4v) is 3.32. The van der Waals surface area contributed by atoms with Crippen LogP contribution in [0, 0.1) is 6.92 Å². The highest BCUT2D eigenvalue weighted by Crippen LogP contribution is 2.32. The number of aromatic nitrogens is 2. The van der Waals surface area contributed by atoms with E-state index in [0.717, 1.165) is 23.9 Å². The Hall–Kier alpha value is -2.19. The molecule has 1 aliphatic heterocycles. The number of rotatable bonds is 5. The zero-order valence-corrected chi connectivity index (χ0v) is 15.4. The second kappa shape index (κ2) is 7.37. The van der Waals surface area contributed by atoms with Crippen LogP contribution in [0.2, 0.25) is 0 Å². The van der Waals surface area contributed by atoms with Gasteiger partial charge in [0.1, 0.15) is 12.4 Å². The van der Waals surface area contributed by atoms with Crippen LogP contribution in [-0.2, 0) is 4.74 Å². The summed E-state index contributed by atoms with van der Waals surface area (Å²) in [7, 11) is 0. The molecule has 8 heteroatoms. The van der Waals surface area contributed by atoms with Crippen molar-refractivity contribution in [2.45, 2.75) is 25.9 Å². The van der Waals surface area contributed by atoms with E-state index in [1.165, 1.54) is 0 Å². The van der Waals surface area contributed by atoms with Gasteiger partial charge in [0.25, 0.3) is 5.91 Å². The first-order valence-corrected chi connectivity index (χ1v) is 8.73. The largest absolute Gasteiger partial charge is 0.490 e. The highest BCUT2D eigenvalue weighted by atomic mass is 79.9. The van der Waals surface area contributed by atoms with Crippen molar-refractivity contribution < 1.29 is 14.3 Å². The van der Waals surface area contributed by atoms with Crippen LogP contribution in [-0.4, -0.2) is 35.2 Å². The van der Waals surface area contributed by atoms with Gasteiger partial charge >= 0.3 is 0 Å². The molecule has 1 unspecified atom stereocenters. The van der Waals surface area contributed by atoms with Crippen molar-refractivity contribution in [1.29, 1.82) is 0 Å². The first-order chi connectivity index (χ1) is 12.0. The molecule has 0 saturated carbocycles. The summed E-state index contributed by atoms with van der Waals surface area (Å²) in [5, 5.41) is 0. The van der Waals surface area contributed by atoms with Crippen LogP contribution in [0.3, 0.4) is 0 Å². The van der Waals surface area contributed by atoms with Crippen molar-refractivity contribution in [2.75, 3.05) is 18.9 Å². The van der Waals surface area contributed by atoms with Crippen LogP contribution in [0.25, 0.3) is 11.3 Å². The molecule has 132 valence electrons. The summed E-state index contributed by atoms with van der Waals surface area (Å²) in [6, 6.07) is 5.44. The number of nitrogen functional groups attached to an aromatic ring is 1. The predicted octanol–water partition coefficient (Wildman–Crippen LogP) is 2.45. The average Bonchev–Trinajstić information content (AvgIpc) is 3.05. The van der Waals surface area contributed by atoms with Crippen molar-refractivity contribution in [2.24, 2.45) is 5.73 Å². The number of nitrogens with two attached hydrogens (primary N) is 2. The number of anilines is 1. The second-order valence-electron chi connectivity index (χ2n) is 5.85. The highest BCUT2D eigenvalue weighted by Gasteiger charge is 2.19. The highest BCUT2D eigenvalue weighted by molar-refractivity contribution is 9.10. The standard InChI is InChI=1S/C17H19BrN4O3/c1-9-14(16(19)23)15(22-17(20)21-9)10-4-5-13(12(18)7-10)25-8-11-3-2-6-24-11/h4-5,7,11H,2-3,6,8H2,1H3,(H2,19,23)(H2,20,21,22). The van der Waals surface area contributed by atoms with Gasteiger partial charge in [-0.05, 0) is 53.9 Å². The summed E-state index contributed by atoms with van der Waals surface area (Å²) in [5.41, 5.74) is 13.0. The van der Waals surface area contributed by atoms with E-state index in [-0.39, 0.29) is 17.6 Å². The zero-order chi connectivity index (χ0) is 18.0. The second-order valence-corrected chi connectivity index (χ2v) is 6.70. The maximum absolute atomic E-state index is 11.8. The van der Waals surface area contributed by atoms with Crippen molar-refractivity contribution in [3.63, 3.8) is 0 Å². The lowest BCUT2D eigenvalue weighted by atomic mass is 10.0. The van der Waals surface area contributed by atoms with Gasteiger partial charge in [0.05, 0.1) is 27.5 Å². The van der Waals surface area contributed by atoms with E-state index < -0.39 is 5.91 Å². The Bertz CT molecular complexity index is 807. The Labute approximate surface area is 153 Å². The van der Waals surface area contributed by atoms with Gasteiger partial charge in [-0.2, -0.15) is 0 Å². The number of aryl methyl sites for hydroxylation is 1. The molecule has 1 atom stereocenters. The van der Waals surface area contributed by atoms with Gasteiger partial charge in [0.15, 0.2) is 0 Å². The molecule has 2 aromatic rings. The molecule has 2 heterocycles. The van der Waals surface area contributed by atoms with E-state index in [1.807, 2.05) is 18.2 Å². The van der Waals surface area contributed by atoms with E-state index in [2.05, 4.69) is 25.9 Å². The number of ether oxygens (including phenoxy) is 2. The Morgan fingerprint density at radius 3 is 2.88 bits per heavy atom. The first kappa shape index (κ1) is 17.6. The van der Waals surface area contributed by atoms with Gasteiger partial charge in [0.2, 0.25) is 5.95 Å². The molecule has 0 bridgehead atoms. The topological polar surface area (TPSA) is 113 Å². The van der Waals surface area contributed by atoms with Crippen LogP contribution in [0.1, 0.15) is 28.9 Å². The van der Waals surface area contributed by atoms with Crippen LogP contribution >= 0.6 is 15.9 Å². The lowest BCUT2D eigenvalue weighted by Gasteiger charge is -2.14. The lowest BCUT2D eigenvalue weighted by molar-refractivity contribution is 0.0677. The monoisotopic (exact) mass is 406 g/mol. The minimum atomic E-state index is -0.595. The summed E-state index contributed by atoms with van der Waals surface area (Å²) < 4.78 is 12.1. The van der Waals surface area contributed by atoms with Crippen LogP contribution < -0.4 is 16.2 Å². The van der Waals surface area contributed by atoms with Crippen LogP contribution in [0.5, 0.6) is 5.75 Å². The summed E-state index contributed by atoms with van der Waals surface area (Å²) in [6.45, 7) is 2.97. The Kier molecular flexibility index (Phi) is 5.19. The molecule has 0 spiro atoms. The van der Waals surface area contributed by atoms with Crippen molar-refractivity contribution >= 4 is 27.8 Å². The van der Waals surface area contributed by atoms with E-state index >= 15 is 0 Å². The third kappa shape index (κ3) is 3.91. The zero-order valence-electron chi connectivity index (χ0n) is 13.8. The molecule has 1 aliphatic rings. The molecule has 25 heavy (non-hydrogen) atoms. The quantitative estimate of drug-likeness (QED) is 0.787. The summed E-state index contributed by atoms with van der Waals surface area (Å²) in [4.78, 5) is 20.0. The molecular formula is C17H19BrN4O3.